The monoisotopic (exact) mass is 390 g/mol. The summed E-state index contributed by atoms with van der Waals surface area (Å²) >= 11 is 0. The van der Waals surface area contributed by atoms with E-state index in [2.05, 4.69) is 5.32 Å². The molecule has 1 atom stereocenters. The Labute approximate surface area is 162 Å². The van der Waals surface area contributed by atoms with E-state index in [9.17, 15) is 18.8 Å². The van der Waals surface area contributed by atoms with Crippen LogP contribution in [0.3, 0.4) is 0 Å². The van der Waals surface area contributed by atoms with Crippen molar-refractivity contribution in [1.82, 2.24) is 4.57 Å². The van der Waals surface area contributed by atoms with Crippen LogP contribution in [0.1, 0.15) is 35.6 Å². The molecule has 1 heterocycles. The molecule has 0 bridgehead atoms. The van der Waals surface area contributed by atoms with Gasteiger partial charge in [0, 0.05) is 11.4 Å². The van der Waals surface area contributed by atoms with Crippen molar-refractivity contribution in [3.63, 3.8) is 0 Å². The molecule has 1 aromatic carbocycles. The van der Waals surface area contributed by atoms with Gasteiger partial charge in [-0.05, 0) is 45.9 Å². The maximum absolute atomic E-state index is 13.6. The lowest BCUT2D eigenvalue weighted by molar-refractivity contribution is -0.153. The number of rotatable bonds is 7. The van der Waals surface area contributed by atoms with Crippen molar-refractivity contribution in [2.75, 3.05) is 11.9 Å². The molecule has 28 heavy (non-hydrogen) atoms. The number of esters is 2. The fourth-order valence-corrected chi connectivity index (χ4v) is 2.67. The molecule has 1 aromatic heterocycles. The molecule has 0 aliphatic heterocycles. The highest BCUT2D eigenvalue weighted by molar-refractivity contribution is 5.95. The highest BCUT2D eigenvalue weighted by atomic mass is 19.1. The van der Waals surface area contributed by atoms with E-state index in [1.807, 2.05) is 0 Å². The number of anilines is 1. The Morgan fingerprint density at radius 2 is 1.89 bits per heavy atom. The molecule has 1 unspecified atom stereocenters. The van der Waals surface area contributed by atoms with Crippen LogP contribution < -0.4 is 5.32 Å². The summed E-state index contributed by atoms with van der Waals surface area (Å²) in [4.78, 5) is 36.3. The van der Waals surface area contributed by atoms with Gasteiger partial charge in [0.05, 0.1) is 17.9 Å². The van der Waals surface area contributed by atoms with Crippen molar-refractivity contribution in [2.24, 2.45) is 0 Å². The largest absolute Gasteiger partial charge is 0.462 e. The summed E-state index contributed by atoms with van der Waals surface area (Å²) in [6, 6.07) is 7.33. The molecule has 2 rings (SSSR count). The van der Waals surface area contributed by atoms with Crippen LogP contribution in [0.15, 0.2) is 30.3 Å². The van der Waals surface area contributed by atoms with Crippen LogP contribution in [-0.4, -0.2) is 35.1 Å². The lowest BCUT2D eigenvalue weighted by Gasteiger charge is -2.15. The summed E-state index contributed by atoms with van der Waals surface area (Å²) in [6.07, 6.45) is -1.12. The normalized spacial score (nSPS) is 11.6. The highest BCUT2D eigenvalue weighted by Crippen LogP contribution is 2.17. The first-order valence-corrected chi connectivity index (χ1v) is 8.83. The molecule has 0 saturated carbocycles. The second kappa shape index (κ2) is 9.16. The standard InChI is InChI=1S/C20H23FN2O5/c1-5-27-20(26)15-10-12(2)23(13(15)3)11-18(24)28-14(4)19(25)22-17-9-7-6-8-16(17)21/h6-10,14H,5,11H2,1-4H3,(H,22,25). The first-order chi connectivity index (χ1) is 13.2. The van der Waals surface area contributed by atoms with Gasteiger partial charge in [0.2, 0.25) is 0 Å². The minimum Gasteiger partial charge on any atom is -0.462 e. The number of benzene rings is 1. The lowest BCUT2D eigenvalue weighted by Crippen LogP contribution is -2.31. The summed E-state index contributed by atoms with van der Waals surface area (Å²) < 4.78 is 25.4. The number of halogens is 1. The zero-order valence-electron chi connectivity index (χ0n) is 16.2. The van der Waals surface area contributed by atoms with Gasteiger partial charge in [-0.1, -0.05) is 12.1 Å². The summed E-state index contributed by atoms with van der Waals surface area (Å²) in [6.45, 7) is 6.63. The number of aryl methyl sites for hydroxylation is 1. The number of ether oxygens (including phenoxy) is 2. The summed E-state index contributed by atoms with van der Waals surface area (Å²) in [7, 11) is 0. The molecule has 8 heteroatoms. The van der Waals surface area contributed by atoms with E-state index in [1.165, 1.54) is 25.1 Å². The molecule has 0 radical (unpaired) electrons. The molecular formula is C20H23FN2O5. The van der Waals surface area contributed by atoms with Crippen LogP contribution in [0.2, 0.25) is 0 Å². The summed E-state index contributed by atoms with van der Waals surface area (Å²) in [5.41, 5.74) is 1.63. The van der Waals surface area contributed by atoms with E-state index in [0.29, 0.717) is 17.0 Å². The van der Waals surface area contributed by atoms with Gasteiger partial charge in [-0.3, -0.25) is 9.59 Å². The molecule has 150 valence electrons. The molecule has 7 nitrogen and oxygen atoms in total. The molecule has 2 aromatic rings. The van der Waals surface area contributed by atoms with Gasteiger partial charge in [0.1, 0.15) is 12.4 Å². The number of hydrogen-bond donors (Lipinski definition) is 1. The molecular weight excluding hydrogens is 367 g/mol. The van der Waals surface area contributed by atoms with Gasteiger partial charge in [0.15, 0.2) is 6.10 Å². The second-order valence-electron chi connectivity index (χ2n) is 6.19. The molecule has 0 fully saturated rings. The summed E-state index contributed by atoms with van der Waals surface area (Å²) in [5.74, 6) is -2.35. The number of carbonyl (C=O) groups is 3. The van der Waals surface area contributed by atoms with Crippen molar-refractivity contribution in [3.05, 3.63) is 53.1 Å². The maximum atomic E-state index is 13.6. The minimum absolute atomic E-state index is 0.00609. The Morgan fingerprint density at radius 1 is 1.21 bits per heavy atom. The molecule has 0 aliphatic rings. The maximum Gasteiger partial charge on any atom is 0.339 e. The Morgan fingerprint density at radius 3 is 2.54 bits per heavy atom. The lowest BCUT2D eigenvalue weighted by atomic mass is 10.2. The highest BCUT2D eigenvalue weighted by Gasteiger charge is 2.22. The topological polar surface area (TPSA) is 86.6 Å². The third-order valence-corrected chi connectivity index (χ3v) is 4.17. The van der Waals surface area contributed by atoms with Crippen molar-refractivity contribution in [1.29, 1.82) is 0 Å². The van der Waals surface area contributed by atoms with Crippen LogP contribution in [0, 0.1) is 19.7 Å². The van der Waals surface area contributed by atoms with Gasteiger partial charge in [0.25, 0.3) is 5.91 Å². The van der Waals surface area contributed by atoms with Crippen molar-refractivity contribution in [2.45, 2.75) is 40.3 Å². The molecule has 0 aliphatic carbocycles. The third-order valence-electron chi connectivity index (χ3n) is 4.17. The van der Waals surface area contributed by atoms with E-state index in [0.717, 1.165) is 0 Å². The van der Waals surface area contributed by atoms with E-state index in [4.69, 9.17) is 9.47 Å². The molecule has 1 amide bonds. The van der Waals surface area contributed by atoms with Gasteiger partial charge < -0.3 is 19.4 Å². The number of nitrogens with zero attached hydrogens (tertiary/aromatic N) is 1. The Balaban J connectivity index is 2.01. The van der Waals surface area contributed by atoms with E-state index >= 15 is 0 Å². The van der Waals surface area contributed by atoms with E-state index < -0.39 is 29.8 Å². The zero-order chi connectivity index (χ0) is 20.8. The minimum atomic E-state index is -1.12. The number of nitrogens with one attached hydrogen (secondary N) is 1. The van der Waals surface area contributed by atoms with E-state index in [-0.39, 0.29) is 18.8 Å². The van der Waals surface area contributed by atoms with Crippen LogP contribution in [0.4, 0.5) is 10.1 Å². The zero-order valence-corrected chi connectivity index (χ0v) is 16.2. The molecule has 0 saturated heterocycles. The number of amides is 1. The van der Waals surface area contributed by atoms with Gasteiger partial charge in [-0.25, -0.2) is 9.18 Å². The first kappa shape index (κ1) is 21.1. The summed E-state index contributed by atoms with van der Waals surface area (Å²) in [5, 5.41) is 2.38. The fourth-order valence-electron chi connectivity index (χ4n) is 2.67. The number of para-hydroxylation sites is 1. The van der Waals surface area contributed by atoms with Crippen LogP contribution in [0.25, 0.3) is 0 Å². The quantitative estimate of drug-likeness (QED) is 0.735. The van der Waals surface area contributed by atoms with Crippen molar-refractivity contribution in [3.8, 4) is 0 Å². The fraction of sp³-hybridized carbons (Fsp3) is 0.350. The van der Waals surface area contributed by atoms with Crippen LogP contribution >= 0.6 is 0 Å². The van der Waals surface area contributed by atoms with Crippen LogP contribution in [-0.2, 0) is 25.6 Å². The number of carbonyl (C=O) groups excluding carboxylic acids is 3. The van der Waals surface area contributed by atoms with Gasteiger partial charge in [-0.2, -0.15) is 0 Å². The average molecular weight is 390 g/mol. The number of aromatic nitrogens is 1. The Bertz CT molecular complexity index is 891. The predicted molar refractivity (Wildman–Crippen MR) is 100 cm³/mol. The van der Waals surface area contributed by atoms with Crippen molar-refractivity contribution < 1.29 is 28.2 Å². The molecule has 0 spiro atoms. The SMILES string of the molecule is CCOC(=O)c1cc(C)n(CC(=O)OC(C)C(=O)Nc2ccccc2F)c1C. The van der Waals surface area contributed by atoms with Crippen LogP contribution in [0.5, 0.6) is 0 Å². The van der Waals surface area contributed by atoms with Crippen molar-refractivity contribution >= 4 is 23.5 Å². The average Bonchev–Trinajstić information content (AvgIpc) is 2.92. The Hall–Kier alpha value is -3.16. The predicted octanol–water partition coefficient (Wildman–Crippen LogP) is 2.99. The number of hydrogen-bond acceptors (Lipinski definition) is 5. The first-order valence-electron chi connectivity index (χ1n) is 8.83. The van der Waals surface area contributed by atoms with Gasteiger partial charge in [-0.15, -0.1) is 0 Å². The van der Waals surface area contributed by atoms with E-state index in [1.54, 1.807) is 37.5 Å². The second-order valence-corrected chi connectivity index (χ2v) is 6.19. The Kier molecular flexibility index (Phi) is 6.92. The van der Waals surface area contributed by atoms with Gasteiger partial charge >= 0.3 is 11.9 Å². The molecule has 1 N–H and O–H groups in total. The third kappa shape index (κ3) is 4.97. The smallest absolute Gasteiger partial charge is 0.339 e.